The van der Waals surface area contributed by atoms with Crippen molar-refractivity contribution in [2.24, 2.45) is 23.7 Å². The average molecular weight is 669 g/mol. The molecule has 0 aromatic rings. The van der Waals surface area contributed by atoms with Crippen LogP contribution in [0.1, 0.15) is 81.1 Å². The molecule has 0 spiro atoms. The number of hydrogen-bond donors (Lipinski definition) is 2. The highest BCUT2D eigenvalue weighted by Crippen LogP contribution is 2.55. The van der Waals surface area contributed by atoms with Crippen LogP contribution in [0.3, 0.4) is 0 Å². The molecule has 4 aliphatic rings. The first-order valence-corrected chi connectivity index (χ1v) is 19.2. The number of aliphatic hydroxyl groups is 2. The van der Waals surface area contributed by atoms with Gasteiger partial charge < -0.3 is 29.2 Å². The van der Waals surface area contributed by atoms with Gasteiger partial charge in [-0.15, -0.1) is 47.0 Å². The van der Waals surface area contributed by atoms with Gasteiger partial charge in [-0.1, -0.05) is 41.5 Å². The van der Waals surface area contributed by atoms with Crippen LogP contribution < -0.4 is 0 Å². The highest BCUT2D eigenvalue weighted by Gasteiger charge is 2.54. The van der Waals surface area contributed by atoms with Gasteiger partial charge in [0.15, 0.2) is 11.2 Å². The first-order chi connectivity index (χ1) is 19.7. The minimum absolute atomic E-state index is 0.00625. The maximum Gasteiger partial charge on any atom is 0.509 e. The van der Waals surface area contributed by atoms with Crippen molar-refractivity contribution in [3.05, 3.63) is 0 Å². The lowest BCUT2D eigenvalue weighted by atomic mass is 9.81. The van der Waals surface area contributed by atoms with Gasteiger partial charge in [-0.3, -0.25) is 0 Å². The first kappa shape index (κ1) is 36.3. The number of aliphatic hydroxyl groups excluding tert-OH is 2. The lowest BCUT2D eigenvalue weighted by Crippen LogP contribution is -2.45. The molecule has 0 aromatic heterocycles. The SMILES string of the molecule is CCC1([C@H](C)C[C@@]2(C)OC(=O)O[C@@H]2[C@@H](C)CO)SCCS1.CCC1([C@H](C)C[C@@]2(C)OC(=O)O[C@@H]2[C@@H](C)CO)SCCS1. The molecule has 0 saturated carbocycles. The minimum Gasteiger partial charge on any atom is -0.426 e. The third kappa shape index (κ3) is 7.80. The largest absolute Gasteiger partial charge is 0.509 e. The fraction of sp³-hybridized carbons (Fsp3) is 0.933. The maximum atomic E-state index is 11.6. The summed E-state index contributed by atoms with van der Waals surface area (Å²) in [6.45, 7) is 16.6. The Bertz CT molecular complexity index is 840. The zero-order chi connectivity index (χ0) is 31.3. The van der Waals surface area contributed by atoms with Crippen molar-refractivity contribution in [2.45, 2.75) is 113 Å². The minimum atomic E-state index is -0.648. The van der Waals surface area contributed by atoms with E-state index in [0.29, 0.717) is 11.8 Å². The van der Waals surface area contributed by atoms with Crippen molar-refractivity contribution >= 4 is 59.4 Å². The normalized spacial score (nSPS) is 34.3. The molecule has 0 unspecified atom stereocenters. The summed E-state index contributed by atoms with van der Waals surface area (Å²) in [6, 6.07) is 0. The number of rotatable bonds is 12. The van der Waals surface area contributed by atoms with Crippen molar-refractivity contribution in [1.82, 2.24) is 0 Å². The average Bonchev–Trinajstić information content (AvgIpc) is 3.74. The molecule has 0 amide bonds. The Hall–Kier alpha value is -0.140. The molecule has 2 N–H and O–H groups in total. The predicted octanol–water partition coefficient (Wildman–Crippen LogP) is 7.04. The number of carbonyl (C=O) groups excluding carboxylic acids is 2. The summed E-state index contributed by atoms with van der Waals surface area (Å²) >= 11 is 8.11. The Labute approximate surface area is 269 Å². The number of ether oxygens (including phenoxy) is 4. The lowest BCUT2D eigenvalue weighted by Gasteiger charge is -2.38. The van der Waals surface area contributed by atoms with Crippen LogP contribution in [0.4, 0.5) is 9.59 Å². The van der Waals surface area contributed by atoms with Gasteiger partial charge in [-0.2, -0.15) is 0 Å². The number of thioether (sulfide) groups is 4. The Morgan fingerprint density at radius 3 is 1.26 bits per heavy atom. The van der Waals surface area contributed by atoms with Crippen molar-refractivity contribution in [1.29, 1.82) is 0 Å². The van der Waals surface area contributed by atoms with Crippen molar-refractivity contribution in [2.75, 3.05) is 36.2 Å². The number of hydrogen-bond acceptors (Lipinski definition) is 12. The van der Waals surface area contributed by atoms with E-state index in [1.807, 2.05) is 74.7 Å². The molecule has 0 aromatic carbocycles. The molecule has 4 aliphatic heterocycles. The van der Waals surface area contributed by atoms with Crippen LogP contribution in [0, 0.1) is 23.7 Å². The van der Waals surface area contributed by atoms with Crippen molar-refractivity contribution in [3.8, 4) is 0 Å². The van der Waals surface area contributed by atoms with Gasteiger partial charge in [0.2, 0.25) is 0 Å². The van der Waals surface area contributed by atoms with Crippen molar-refractivity contribution < 1.29 is 38.7 Å². The molecular weight excluding hydrogens is 617 g/mol. The summed E-state index contributed by atoms with van der Waals surface area (Å²) in [6.07, 6.45) is 1.79. The highest BCUT2D eigenvalue weighted by molar-refractivity contribution is 8.21. The highest BCUT2D eigenvalue weighted by atomic mass is 32.2. The van der Waals surface area contributed by atoms with Gasteiger partial charge in [0.1, 0.15) is 12.2 Å². The number of cyclic esters (lactones) is 4. The van der Waals surface area contributed by atoms with Gasteiger partial charge in [0.25, 0.3) is 0 Å². The second-order valence-corrected chi connectivity index (χ2v) is 18.9. The van der Waals surface area contributed by atoms with Gasteiger partial charge >= 0.3 is 12.3 Å². The van der Waals surface area contributed by atoms with E-state index in [4.69, 9.17) is 18.9 Å². The van der Waals surface area contributed by atoms with E-state index in [0.717, 1.165) is 25.7 Å². The topological polar surface area (TPSA) is 112 Å². The first-order valence-electron chi connectivity index (χ1n) is 15.3. The molecule has 4 saturated heterocycles. The van der Waals surface area contributed by atoms with Gasteiger partial charge in [0, 0.05) is 48.1 Å². The van der Waals surface area contributed by atoms with E-state index in [9.17, 15) is 19.8 Å². The van der Waals surface area contributed by atoms with Crippen LogP contribution in [-0.2, 0) is 18.9 Å². The maximum absolute atomic E-state index is 11.6. The predicted molar refractivity (Wildman–Crippen MR) is 175 cm³/mol. The molecule has 4 fully saturated rings. The third-order valence-electron chi connectivity index (χ3n) is 9.36. The zero-order valence-corrected chi connectivity index (χ0v) is 29.8. The van der Waals surface area contributed by atoms with Gasteiger partial charge in [-0.05, 0) is 51.4 Å². The monoisotopic (exact) mass is 668 g/mol. The van der Waals surface area contributed by atoms with Crippen LogP contribution >= 0.6 is 47.0 Å². The van der Waals surface area contributed by atoms with Crippen LogP contribution in [-0.4, -0.2) is 90.3 Å². The van der Waals surface area contributed by atoms with E-state index in [1.54, 1.807) is 0 Å². The molecule has 42 heavy (non-hydrogen) atoms. The molecule has 4 heterocycles. The Morgan fingerprint density at radius 1 is 0.690 bits per heavy atom. The smallest absolute Gasteiger partial charge is 0.426 e. The molecular formula is C30H52O8S4. The van der Waals surface area contributed by atoms with E-state index in [-0.39, 0.29) is 45.4 Å². The second-order valence-electron chi connectivity index (χ2n) is 12.7. The molecule has 0 aliphatic carbocycles. The molecule has 8 nitrogen and oxygen atoms in total. The van der Waals surface area contributed by atoms with E-state index < -0.39 is 23.5 Å². The molecule has 4 rings (SSSR count). The van der Waals surface area contributed by atoms with Crippen molar-refractivity contribution in [3.63, 3.8) is 0 Å². The Kier molecular flexibility index (Phi) is 12.9. The quantitative estimate of drug-likeness (QED) is 0.208. The zero-order valence-electron chi connectivity index (χ0n) is 26.5. The number of carbonyl (C=O) groups is 2. The van der Waals surface area contributed by atoms with E-state index >= 15 is 0 Å². The van der Waals surface area contributed by atoms with Gasteiger partial charge in [0.05, 0.1) is 8.16 Å². The Balaban J connectivity index is 0.000000230. The molecule has 12 heteroatoms. The third-order valence-corrected chi connectivity index (χ3v) is 17.6. The summed E-state index contributed by atoms with van der Waals surface area (Å²) in [4.78, 5) is 23.2. The Morgan fingerprint density at radius 2 is 1.00 bits per heavy atom. The fourth-order valence-electron chi connectivity index (χ4n) is 7.09. The molecule has 8 atom stereocenters. The lowest BCUT2D eigenvalue weighted by molar-refractivity contribution is -0.0111. The molecule has 0 bridgehead atoms. The van der Waals surface area contributed by atoms with E-state index in [2.05, 4.69) is 27.7 Å². The van der Waals surface area contributed by atoms with Crippen LogP contribution in [0.2, 0.25) is 0 Å². The fourth-order valence-corrected chi connectivity index (χ4v) is 13.8. The molecule has 0 radical (unpaired) electrons. The standard InChI is InChI=1S/2C15H26O4S2/c2*1-5-15(20-6-7-21-15)11(3)8-14(4)12(10(2)9-16)18-13(17)19-14/h2*10-12,16H,5-9H2,1-4H3/t2*10-,11+,12+,14+/m00/s1. The van der Waals surface area contributed by atoms with Crippen LogP contribution in [0.5, 0.6) is 0 Å². The summed E-state index contributed by atoms with van der Waals surface area (Å²) in [5, 5.41) is 18.8. The van der Waals surface area contributed by atoms with E-state index in [1.165, 1.54) is 23.0 Å². The van der Waals surface area contributed by atoms with Crippen LogP contribution in [0.25, 0.3) is 0 Å². The van der Waals surface area contributed by atoms with Gasteiger partial charge in [-0.25, -0.2) is 9.59 Å². The second kappa shape index (κ2) is 15.0. The van der Waals surface area contributed by atoms with Crippen LogP contribution in [0.15, 0.2) is 0 Å². The summed E-state index contributed by atoms with van der Waals surface area (Å²) in [5.41, 5.74) is -1.30. The summed E-state index contributed by atoms with van der Waals surface area (Å²) in [5.74, 6) is 5.34. The molecule has 244 valence electrons. The summed E-state index contributed by atoms with van der Waals surface area (Å²) < 4.78 is 22.1. The summed E-state index contributed by atoms with van der Waals surface area (Å²) in [7, 11) is 0.